The number of methoxy groups -OCH3 is 4. The largest absolute Gasteiger partial charge is 0.493 e. The molecule has 0 unspecified atom stereocenters. The van der Waals surface area contributed by atoms with Crippen LogP contribution in [0.3, 0.4) is 0 Å². The van der Waals surface area contributed by atoms with E-state index in [2.05, 4.69) is 0 Å². The van der Waals surface area contributed by atoms with E-state index in [9.17, 15) is 10.2 Å². The summed E-state index contributed by atoms with van der Waals surface area (Å²) in [7, 11) is 6.08. The Morgan fingerprint density at radius 1 is 0.808 bits per heavy atom. The Kier molecular flexibility index (Phi) is 5.11. The van der Waals surface area contributed by atoms with Crippen molar-refractivity contribution in [3.05, 3.63) is 41.5 Å². The summed E-state index contributed by atoms with van der Waals surface area (Å²) in [5.41, 5.74) is 1.07. The molecule has 0 aromatic heterocycles. The highest BCUT2D eigenvalue weighted by molar-refractivity contribution is 5.58. The number of fused-ring (bicyclic) bond motifs is 1. The third-order valence-corrected chi connectivity index (χ3v) is 4.46. The Labute approximate surface area is 151 Å². The van der Waals surface area contributed by atoms with Gasteiger partial charge >= 0.3 is 0 Å². The van der Waals surface area contributed by atoms with Crippen LogP contribution in [-0.4, -0.2) is 44.8 Å². The van der Waals surface area contributed by atoms with E-state index >= 15 is 0 Å². The van der Waals surface area contributed by atoms with Crippen LogP contribution in [0.25, 0.3) is 0 Å². The highest BCUT2D eigenvalue weighted by Crippen LogP contribution is 2.50. The van der Waals surface area contributed by atoms with Crippen LogP contribution in [0, 0.1) is 0 Å². The van der Waals surface area contributed by atoms with Gasteiger partial charge in [0, 0.05) is 5.56 Å². The standard InChI is InChI=1S/C19H22O7/c1-22-12-7-5-10(9-14(12)24-3)17-16(21)15(20)11-6-8-13(23-2)19(25-4)18(11)26-17/h5-9,15-17,20-21H,1-4H3/t15-,16+,17+/m1/s1. The number of aliphatic hydroxyl groups excluding tert-OH is 2. The molecule has 0 radical (unpaired) electrons. The highest BCUT2D eigenvalue weighted by atomic mass is 16.5. The van der Waals surface area contributed by atoms with Crippen molar-refractivity contribution in [2.45, 2.75) is 18.3 Å². The lowest BCUT2D eigenvalue weighted by atomic mass is 9.91. The molecule has 1 aliphatic rings. The fourth-order valence-corrected chi connectivity index (χ4v) is 3.11. The van der Waals surface area contributed by atoms with E-state index in [1.807, 2.05) is 0 Å². The summed E-state index contributed by atoms with van der Waals surface area (Å²) in [4.78, 5) is 0. The van der Waals surface area contributed by atoms with Crippen LogP contribution in [0.5, 0.6) is 28.7 Å². The maximum Gasteiger partial charge on any atom is 0.203 e. The Morgan fingerprint density at radius 3 is 2.08 bits per heavy atom. The fourth-order valence-electron chi connectivity index (χ4n) is 3.11. The predicted octanol–water partition coefficient (Wildman–Crippen LogP) is 2.25. The van der Waals surface area contributed by atoms with Crippen molar-refractivity contribution >= 4 is 0 Å². The zero-order chi connectivity index (χ0) is 18.8. The highest BCUT2D eigenvalue weighted by Gasteiger charge is 2.39. The lowest BCUT2D eigenvalue weighted by Crippen LogP contribution is -2.34. The maximum atomic E-state index is 10.6. The van der Waals surface area contributed by atoms with Crippen LogP contribution in [-0.2, 0) is 0 Å². The van der Waals surface area contributed by atoms with Crippen LogP contribution < -0.4 is 23.7 Å². The van der Waals surface area contributed by atoms with E-state index in [1.165, 1.54) is 21.3 Å². The smallest absolute Gasteiger partial charge is 0.203 e. The van der Waals surface area contributed by atoms with Gasteiger partial charge in [-0.15, -0.1) is 0 Å². The minimum Gasteiger partial charge on any atom is -0.493 e. The molecule has 0 aliphatic carbocycles. The summed E-state index contributed by atoms with van der Waals surface area (Å²) < 4.78 is 27.3. The van der Waals surface area contributed by atoms with E-state index in [0.717, 1.165) is 0 Å². The van der Waals surface area contributed by atoms with Gasteiger partial charge in [-0.25, -0.2) is 0 Å². The molecular weight excluding hydrogens is 340 g/mol. The molecular formula is C19H22O7. The van der Waals surface area contributed by atoms with Gasteiger partial charge in [0.15, 0.2) is 29.1 Å². The van der Waals surface area contributed by atoms with Gasteiger partial charge < -0.3 is 33.9 Å². The number of aliphatic hydroxyl groups is 2. The minimum absolute atomic E-state index is 0.337. The molecule has 1 heterocycles. The quantitative estimate of drug-likeness (QED) is 0.844. The number of ether oxygens (including phenoxy) is 5. The van der Waals surface area contributed by atoms with Gasteiger partial charge in [0.2, 0.25) is 5.75 Å². The Balaban J connectivity index is 2.07. The molecule has 0 saturated carbocycles. The lowest BCUT2D eigenvalue weighted by Gasteiger charge is -2.35. The van der Waals surface area contributed by atoms with Crippen molar-refractivity contribution in [1.82, 2.24) is 0 Å². The first-order valence-corrected chi connectivity index (χ1v) is 8.05. The average molecular weight is 362 g/mol. The van der Waals surface area contributed by atoms with Crippen molar-refractivity contribution in [2.24, 2.45) is 0 Å². The molecule has 7 heteroatoms. The Morgan fingerprint density at radius 2 is 1.46 bits per heavy atom. The molecule has 1 aliphatic heterocycles. The molecule has 140 valence electrons. The molecule has 0 amide bonds. The van der Waals surface area contributed by atoms with Crippen LogP contribution in [0.1, 0.15) is 23.3 Å². The van der Waals surface area contributed by atoms with Gasteiger partial charge in [-0.2, -0.15) is 0 Å². The van der Waals surface area contributed by atoms with Crippen molar-refractivity contribution in [2.75, 3.05) is 28.4 Å². The predicted molar refractivity (Wildman–Crippen MR) is 93.4 cm³/mol. The molecule has 2 aromatic rings. The first kappa shape index (κ1) is 18.2. The molecule has 2 aromatic carbocycles. The van der Waals surface area contributed by atoms with Gasteiger partial charge in [0.25, 0.3) is 0 Å². The van der Waals surface area contributed by atoms with E-state index < -0.39 is 18.3 Å². The molecule has 0 saturated heterocycles. The van der Waals surface area contributed by atoms with E-state index in [-0.39, 0.29) is 0 Å². The molecule has 26 heavy (non-hydrogen) atoms. The van der Waals surface area contributed by atoms with Crippen LogP contribution in [0.2, 0.25) is 0 Å². The molecule has 0 spiro atoms. The van der Waals surface area contributed by atoms with Gasteiger partial charge in [-0.1, -0.05) is 6.07 Å². The second kappa shape index (κ2) is 7.31. The molecule has 7 nitrogen and oxygen atoms in total. The molecule has 0 bridgehead atoms. The van der Waals surface area contributed by atoms with Gasteiger partial charge in [0.05, 0.1) is 28.4 Å². The summed E-state index contributed by atoms with van der Waals surface area (Å²) >= 11 is 0. The van der Waals surface area contributed by atoms with Crippen LogP contribution >= 0.6 is 0 Å². The minimum atomic E-state index is -1.17. The Hall–Kier alpha value is -2.64. The second-order valence-corrected chi connectivity index (χ2v) is 5.81. The third kappa shape index (κ3) is 2.89. The zero-order valence-electron chi connectivity index (χ0n) is 15.1. The second-order valence-electron chi connectivity index (χ2n) is 5.81. The molecule has 2 N–H and O–H groups in total. The average Bonchev–Trinajstić information content (AvgIpc) is 2.68. The van der Waals surface area contributed by atoms with Crippen LogP contribution in [0.15, 0.2) is 30.3 Å². The SMILES string of the molecule is COc1ccc([C@@H]2Oc3c(ccc(OC)c3OC)[C@@H](O)[C@@H]2O)cc1OC. The van der Waals surface area contributed by atoms with E-state index in [4.69, 9.17) is 23.7 Å². The summed E-state index contributed by atoms with van der Waals surface area (Å²) in [6, 6.07) is 8.48. The van der Waals surface area contributed by atoms with E-state index in [1.54, 1.807) is 37.4 Å². The number of benzene rings is 2. The molecule has 0 fully saturated rings. The number of hydrogen-bond acceptors (Lipinski definition) is 7. The Bertz CT molecular complexity index is 790. The maximum absolute atomic E-state index is 10.6. The summed E-state index contributed by atoms with van der Waals surface area (Å²) in [6.45, 7) is 0. The van der Waals surface area contributed by atoms with Crippen LogP contribution in [0.4, 0.5) is 0 Å². The topological polar surface area (TPSA) is 86.6 Å². The zero-order valence-corrected chi connectivity index (χ0v) is 15.1. The van der Waals surface area contributed by atoms with Gasteiger partial charge in [0.1, 0.15) is 12.2 Å². The summed E-state index contributed by atoms with van der Waals surface area (Å²) in [5, 5.41) is 21.2. The first-order valence-electron chi connectivity index (χ1n) is 8.05. The fraction of sp³-hybridized carbons (Fsp3) is 0.368. The van der Waals surface area contributed by atoms with E-state index in [0.29, 0.717) is 39.9 Å². The van der Waals surface area contributed by atoms with Crippen molar-refractivity contribution in [1.29, 1.82) is 0 Å². The number of hydrogen-bond donors (Lipinski definition) is 2. The van der Waals surface area contributed by atoms with Gasteiger partial charge in [-0.3, -0.25) is 0 Å². The monoisotopic (exact) mass is 362 g/mol. The van der Waals surface area contributed by atoms with Crippen molar-refractivity contribution < 1.29 is 33.9 Å². The van der Waals surface area contributed by atoms with Crippen molar-refractivity contribution in [3.63, 3.8) is 0 Å². The van der Waals surface area contributed by atoms with Gasteiger partial charge in [-0.05, 0) is 29.8 Å². The number of rotatable bonds is 5. The first-order chi connectivity index (χ1) is 12.5. The molecule has 3 atom stereocenters. The lowest BCUT2D eigenvalue weighted by molar-refractivity contribution is -0.0710. The third-order valence-electron chi connectivity index (χ3n) is 4.46. The summed E-state index contributed by atoms with van der Waals surface area (Å²) in [5.74, 6) is 2.23. The normalized spacial score (nSPS) is 21.4. The van der Waals surface area contributed by atoms with Crippen molar-refractivity contribution in [3.8, 4) is 28.7 Å². The summed E-state index contributed by atoms with van der Waals surface area (Å²) in [6.07, 6.45) is -3.13. The molecule has 3 rings (SSSR count).